The summed E-state index contributed by atoms with van der Waals surface area (Å²) in [5, 5.41) is 3.77. The third-order valence-corrected chi connectivity index (χ3v) is 4.35. The van der Waals surface area contributed by atoms with Crippen molar-refractivity contribution in [3.8, 4) is 17.2 Å². The first-order chi connectivity index (χ1) is 11.9. The smallest absolute Gasteiger partial charge is 0.261 e. The summed E-state index contributed by atoms with van der Waals surface area (Å²) >= 11 is 11.9. The second-order valence-electron chi connectivity index (χ2n) is 5.68. The molecule has 1 aliphatic rings. The van der Waals surface area contributed by atoms with Gasteiger partial charge < -0.3 is 19.5 Å². The number of rotatable bonds is 5. The Labute approximate surface area is 155 Å². The van der Waals surface area contributed by atoms with Crippen LogP contribution in [0.1, 0.15) is 25.5 Å². The topological polar surface area (TPSA) is 56.8 Å². The largest absolute Gasteiger partial charge is 0.479 e. The van der Waals surface area contributed by atoms with Gasteiger partial charge in [0.1, 0.15) is 5.75 Å². The van der Waals surface area contributed by atoms with Crippen LogP contribution in [0.4, 0.5) is 0 Å². The lowest BCUT2D eigenvalue weighted by atomic mass is 10.1. The van der Waals surface area contributed by atoms with Gasteiger partial charge in [-0.3, -0.25) is 4.79 Å². The predicted octanol–water partition coefficient (Wildman–Crippen LogP) is 4.37. The number of fused-ring (bicyclic) bond motifs is 1. The van der Waals surface area contributed by atoms with Crippen LogP contribution in [-0.2, 0) is 4.79 Å². The molecule has 1 heterocycles. The molecule has 132 valence electrons. The lowest BCUT2D eigenvalue weighted by Crippen LogP contribution is -2.37. The van der Waals surface area contributed by atoms with E-state index >= 15 is 0 Å². The zero-order chi connectivity index (χ0) is 18.0. The average molecular weight is 382 g/mol. The monoisotopic (exact) mass is 381 g/mol. The number of benzene rings is 2. The zero-order valence-electron chi connectivity index (χ0n) is 13.7. The van der Waals surface area contributed by atoms with Gasteiger partial charge in [0.2, 0.25) is 6.79 Å². The molecule has 0 saturated carbocycles. The van der Waals surface area contributed by atoms with Crippen molar-refractivity contribution in [1.82, 2.24) is 5.32 Å². The first-order valence-corrected chi connectivity index (χ1v) is 8.51. The number of halogens is 2. The Kier molecular flexibility index (Phi) is 5.25. The fourth-order valence-electron chi connectivity index (χ4n) is 2.41. The Morgan fingerprint density at radius 3 is 2.64 bits per heavy atom. The summed E-state index contributed by atoms with van der Waals surface area (Å²) in [7, 11) is 0. The lowest BCUT2D eigenvalue weighted by Gasteiger charge is -2.19. The molecule has 0 spiro atoms. The fourth-order valence-corrected chi connectivity index (χ4v) is 2.86. The molecule has 2 unspecified atom stereocenters. The minimum atomic E-state index is -0.713. The summed E-state index contributed by atoms with van der Waals surface area (Å²) in [6.45, 7) is 3.76. The van der Waals surface area contributed by atoms with E-state index in [4.69, 9.17) is 37.4 Å². The summed E-state index contributed by atoms with van der Waals surface area (Å²) in [6, 6.07) is 10.2. The summed E-state index contributed by atoms with van der Waals surface area (Å²) < 4.78 is 16.3. The summed E-state index contributed by atoms with van der Waals surface area (Å²) in [6.07, 6.45) is -0.713. The highest BCUT2D eigenvalue weighted by Crippen LogP contribution is 2.34. The van der Waals surface area contributed by atoms with Crippen molar-refractivity contribution >= 4 is 29.1 Å². The fraction of sp³-hybridized carbons (Fsp3) is 0.278. The lowest BCUT2D eigenvalue weighted by molar-refractivity contribution is -0.127. The Hall–Kier alpha value is -2.11. The number of hydrogen-bond acceptors (Lipinski definition) is 4. The number of amides is 1. The number of carbonyl (C=O) groups is 1. The van der Waals surface area contributed by atoms with Gasteiger partial charge in [-0.05, 0) is 49.7 Å². The molecule has 0 saturated heterocycles. The molecule has 2 atom stereocenters. The summed E-state index contributed by atoms with van der Waals surface area (Å²) in [5.74, 6) is 1.54. The van der Waals surface area contributed by atoms with Crippen molar-refractivity contribution in [2.45, 2.75) is 26.0 Å². The minimum absolute atomic E-state index is 0.214. The summed E-state index contributed by atoms with van der Waals surface area (Å²) in [5.41, 5.74) is 0.911. The second kappa shape index (κ2) is 7.42. The van der Waals surface area contributed by atoms with E-state index < -0.39 is 6.10 Å². The van der Waals surface area contributed by atoms with E-state index in [1.54, 1.807) is 25.1 Å². The number of hydrogen-bond donors (Lipinski definition) is 1. The van der Waals surface area contributed by atoms with Gasteiger partial charge in [0, 0.05) is 5.02 Å². The molecule has 5 nitrogen and oxygen atoms in total. The van der Waals surface area contributed by atoms with Crippen molar-refractivity contribution in [3.63, 3.8) is 0 Å². The van der Waals surface area contributed by atoms with Crippen LogP contribution in [0.5, 0.6) is 17.2 Å². The molecule has 1 N–H and O–H groups in total. The van der Waals surface area contributed by atoms with E-state index in [0.29, 0.717) is 27.3 Å². The number of nitrogens with one attached hydrogen (secondary N) is 1. The normalized spacial score (nSPS) is 14.7. The van der Waals surface area contributed by atoms with E-state index in [2.05, 4.69) is 5.32 Å². The van der Waals surface area contributed by atoms with Crippen LogP contribution in [-0.4, -0.2) is 18.8 Å². The van der Waals surface area contributed by atoms with Gasteiger partial charge in [0.15, 0.2) is 17.6 Å². The molecule has 1 aliphatic heterocycles. The van der Waals surface area contributed by atoms with Gasteiger partial charge in [-0.1, -0.05) is 29.3 Å². The molecule has 0 radical (unpaired) electrons. The van der Waals surface area contributed by atoms with Crippen LogP contribution in [0.15, 0.2) is 36.4 Å². The van der Waals surface area contributed by atoms with Crippen molar-refractivity contribution < 1.29 is 19.0 Å². The van der Waals surface area contributed by atoms with Crippen LogP contribution < -0.4 is 19.5 Å². The molecule has 0 bridgehead atoms. The Morgan fingerprint density at radius 2 is 1.88 bits per heavy atom. The van der Waals surface area contributed by atoms with Crippen molar-refractivity contribution in [2.75, 3.05) is 6.79 Å². The maximum Gasteiger partial charge on any atom is 0.261 e. The van der Waals surface area contributed by atoms with Gasteiger partial charge in [-0.15, -0.1) is 0 Å². The SMILES string of the molecule is CC(Oc1ccc(Cl)cc1Cl)C(=O)NC(C)c1ccc2c(c1)OCO2. The van der Waals surface area contributed by atoms with Crippen molar-refractivity contribution in [2.24, 2.45) is 0 Å². The first kappa shape index (κ1) is 17.7. The highest BCUT2D eigenvalue weighted by atomic mass is 35.5. The Bertz CT molecular complexity index is 797. The molecule has 25 heavy (non-hydrogen) atoms. The molecule has 2 aromatic carbocycles. The number of carbonyl (C=O) groups excluding carboxylic acids is 1. The van der Waals surface area contributed by atoms with Crippen molar-refractivity contribution in [3.05, 3.63) is 52.0 Å². The molecule has 1 amide bonds. The van der Waals surface area contributed by atoms with Gasteiger partial charge in [0.05, 0.1) is 11.1 Å². The van der Waals surface area contributed by atoms with Crippen LogP contribution in [0.3, 0.4) is 0 Å². The van der Waals surface area contributed by atoms with E-state index in [1.165, 1.54) is 0 Å². The second-order valence-corrected chi connectivity index (χ2v) is 6.52. The molecule has 0 fully saturated rings. The molecule has 2 aromatic rings. The molecular formula is C18H17Cl2NO4. The molecule has 3 rings (SSSR count). The van der Waals surface area contributed by atoms with E-state index in [9.17, 15) is 4.79 Å². The van der Waals surface area contributed by atoms with Gasteiger partial charge in [-0.2, -0.15) is 0 Å². The highest BCUT2D eigenvalue weighted by molar-refractivity contribution is 6.35. The standard InChI is InChI=1S/C18H17Cl2NO4/c1-10(12-3-5-16-17(7-12)24-9-23-16)21-18(22)11(2)25-15-6-4-13(19)8-14(15)20/h3-8,10-11H,9H2,1-2H3,(H,21,22). The molecule has 0 aromatic heterocycles. The van der Waals surface area contributed by atoms with E-state index in [1.807, 2.05) is 25.1 Å². The third-order valence-electron chi connectivity index (χ3n) is 3.82. The van der Waals surface area contributed by atoms with Crippen LogP contribution in [0.25, 0.3) is 0 Å². The molecule has 7 heteroatoms. The maximum absolute atomic E-state index is 12.4. The van der Waals surface area contributed by atoms with Gasteiger partial charge in [-0.25, -0.2) is 0 Å². The van der Waals surface area contributed by atoms with Gasteiger partial charge >= 0.3 is 0 Å². The third kappa shape index (κ3) is 4.11. The highest BCUT2D eigenvalue weighted by Gasteiger charge is 2.21. The Balaban J connectivity index is 1.62. The molecular weight excluding hydrogens is 365 g/mol. The predicted molar refractivity (Wildman–Crippen MR) is 95.7 cm³/mol. The van der Waals surface area contributed by atoms with Crippen LogP contribution in [0.2, 0.25) is 10.0 Å². The van der Waals surface area contributed by atoms with E-state index in [-0.39, 0.29) is 18.7 Å². The van der Waals surface area contributed by atoms with Gasteiger partial charge in [0.25, 0.3) is 5.91 Å². The van der Waals surface area contributed by atoms with E-state index in [0.717, 1.165) is 5.56 Å². The van der Waals surface area contributed by atoms with Crippen LogP contribution in [0, 0.1) is 0 Å². The average Bonchev–Trinajstić information content (AvgIpc) is 3.04. The van der Waals surface area contributed by atoms with Crippen LogP contribution >= 0.6 is 23.2 Å². The maximum atomic E-state index is 12.4. The Morgan fingerprint density at radius 1 is 1.12 bits per heavy atom. The van der Waals surface area contributed by atoms with Crippen molar-refractivity contribution in [1.29, 1.82) is 0 Å². The molecule has 0 aliphatic carbocycles. The minimum Gasteiger partial charge on any atom is -0.479 e. The quantitative estimate of drug-likeness (QED) is 0.835. The zero-order valence-corrected chi connectivity index (χ0v) is 15.2. The first-order valence-electron chi connectivity index (χ1n) is 7.75. The number of ether oxygens (including phenoxy) is 3. The summed E-state index contributed by atoms with van der Waals surface area (Å²) in [4.78, 5) is 12.4.